The first kappa shape index (κ1) is 8.75. The molecule has 14 heavy (non-hydrogen) atoms. The molecule has 2 rings (SSSR count). The molecule has 1 heterocycles. The van der Waals surface area contributed by atoms with E-state index in [-0.39, 0.29) is 5.91 Å². The SMILES string of the molecule is O=C1C=CC=CCc2ccccc2N1. The molecule has 1 amide bonds. The van der Waals surface area contributed by atoms with E-state index in [2.05, 4.69) is 5.32 Å². The highest BCUT2D eigenvalue weighted by atomic mass is 16.1. The molecule has 0 unspecified atom stereocenters. The van der Waals surface area contributed by atoms with Crippen LogP contribution in [-0.2, 0) is 11.2 Å². The lowest BCUT2D eigenvalue weighted by Gasteiger charge is -2.06. The molecular weight excluding hydrogens is 174 g/mol. The van der Waals surface area contributed by atoms with Gasteiger partial charge in [0.2, 0.25) is 5.91 Å². The van der Waals surface area contributed by atoms with Gasteiger partial charge in [0.15, 0.2) is 0 Å². The lowest BCUT2D eigenvalue weighted by atomic mass is 10.1. The second-order valence-corrected chi connectivity index (χ2v) is 3.14. The average Bonchev–Trinajstić information content (AvgIpc) is 2.27. The van der Waals surface area contributed by atoms with Gasteiger partial charge in [0.25, 0.3) is 0 Å². The van der Waals surface area contributed by atoms with Crippen LogP contribution in [0.25, 0.3) is 0 Å². The van der Waals surface area contributed by atoms with Crippen LogP contribution < -0.4 is 5.32 Å². The Hall–Kier alpha value is -1.83. The van der Waals surface area contributed by atoms with Crippen LogP contribution in [0.5, 0.6) is 0 Å². The Bertz CT molecular complexity index is 405. The number of nitrogens with one attached hydrogen (secondary N) is 1. The van der Waals surface area contributed by atoms with Crippen LogP contribution in [0.4, 0.5) is 5.69 Å². The fraction of sp³-hybridized carbons (Fsp3) is 0.0833. The predicted molar refractivity (Wildman–Crippen MR) is 57.1 cm³/mol. The highest BCUT2D eigenvalue weighted by Gasteiger charge is 2.03. The average molecular weight is 185 g/mol. The summed E-state index contributed by atoms with van der Waals surface area (Å²) in [4.78, 5) is 11.3. The van der Waals surface area contributed by atoms with E-state index < -0.39 is 0 Å². The van der Waals surface area contributed by atoms with Crippen molar-refractivity contribution in [2.75, 3.05) is 5.32 Å². The lowest BCUT2D eigenvalue weighted by Crippen LogP contribution is -2.08. The summed E-state index contributed by atoms with van der Waals surface area (Å²) in [5, 5.41) is 2.84. The van der Waals surface area contributed by atoms with Crippen LogP contribution in [0, 0.1) is 0 Å². The van der Waals surface area contributed by atoms with Gasteiger partial charge in [0, 0.05) is 11.8 Å². The number of allylic oxidation sites excluding steroid dienone is 3. The highest BCUT2D eigenvalue weighted by Crippen LogP contribution is 2.16. The summed E-state index contributed by atoms with van der Waals surface area (Å²) in [7, 11) is 0. The number of benzene rings is 1. The smallest absolute Gasteiger partial charge is 0.248 e. The summed E-state index contributed by atoms with van der Waals surface area (Å²) in [5.41, 5.74) is 2.04. The van der Waals surface area contributed by atoms with Gasteiger partial charge in [-0.1, -0.05) is 36.4 Å². The maximum atomic E-state index is 11.3. The maximum Gasteiger partial charge on any atom is 0.248 e. The third-order valence-electron chi connectivity index (χ3n) is 2.11. The molecule has 0 aromatic heterocycles. The summed E-state index contributed by atoms with van der Waals surface area (Å²) in [6.45, 7) is 0. The molecule has 0 aliphatic carbocycles. The molecule has 1 aliphatic heterocycles. The van der Waals surface area contributed by atoms with Crippen molar-refractivity contribution in [3.05, 3.63) is 54.1 Å². The first-order valence-electron chi connectivity index (χ1n) is 4.58. The molecule has 0 atom stereocenters. The zero-order valence-electron chi connectivity index (χ0n) is 7.73. The summed E-state index contributed by atoms with van der Waals surface area (Å²) in [6, 6.07) is 7.83. The molecule has 0 saturated heterocycles. The fourth-order valence-corrected chi connectivity index (χ4v) is 1.41. The van der Waals surface area contributed by atoms with Crippen molar-refractivity contribution in [1.29, 1.82) is 0 Å². The Kier molecular flexibility index (Phi) is 2.45. The number of fused-ring (bicyclic) bond motifs is 1. The largest absolute Gasteiger partial charge is 0.322 e. The normalized spacial score (nSPS) is 15.0. The Morgan fingerprint density at radius 1 is 1.14 bits per heavy atom. The van der Waals surface area contributed by atoms with E-state index in [9.17, 15) is 4.79 Å². The van der Waals surface area contributed by atoms with Crippen molar-refractivity contribution >= 4 is 11.6 Å². The number of hydrogen-bond donors (Lipinski definition) is 1. The van der Waals surface area contributed by atoms with Gasteiger partial charge in [-0.05, 0) is 18.1 Å². The van der Waals surface area contributed by atoms with Crippen LogP contribution in [-0.4, -0.2) is 5.91 Å². The second kappa shape index (κ2) is 3.92. The van der Waals surface area contributed by atoms with Crippen LogP contribution in [0.15, 0.2) is 48.6 Å². The van der Waals surface area contributed by atoms with E-state index in [0.29, 0.717) is 0 Å². The maximum absolute atomic E-state index is 11.3. The molecule has 1 aromatic carbocycles. The van der Waals surface area contributed by atoms with Gasteiger partial charge in [-0.25, -0.2) is 0 Å². The second-order valence-electron chi connectivity index (χ2n) is 3.14. The molecule has 2 nitrogen and oxygen atoms in total. The van der Waals surface area contributed by atoms with Crippen LogP contribution in [0.3, 0.4) is 0 Å². The van der Waals surface area contributed by atoms with Crippen molar-refractivity contribution in [1.82, 2.24) is 0 Å². The van der Waals surface area contributed by atoms with Crippen molar-refractivity contribution in [3.63, 3.8) is 0 Å². The minimum atomic E-state index is -0.0796. The van der Waals surface area contributed by atoms with Crippen LogP contribution >= 0.6 is 0 Å². The third kappa shape index (κ3) is 1.91. The zero-order chi connectivity index (χ0) is 9.80. The molecule has 0 fully saturated rings. The van der Waals surface area contributed by atoms with Gasteiger partial charge in [-0.15, -0.1) is 0 Å². The highest BCUT2D eigenvalue weighted by molar-refractivity contribution is 6.00. The summed E-state index contributed by atoms with van der Waals surface area (Å²) >= 11 is 0. The number of hydrogen-bond acceptors (Lipinski definition) is 1. The van der Waals surface area contributed by atoms with E-state index >= 15 is 0 Å². The molecule has 0 saturated carbocycles. The molecule has 1 aromatic rings. The van der Waals surface area contributed by atoms with Gasteiger partial charge in [0.05, 0.1) is 0 Å². The predicted octanol–water partition coefficient (Wildman–Crippen LogP) is 2.29. The van der Waals surface area contributed by atoms with Gasteiger partial charge in [-0.2, -0.15) is 0 Å². The number of carbonyl (C=O) groups is 1. The number of rotatable bonds is 0. The Labute approximate surface area is 82.9 Å². The Balaban J connectivity index is 2.39. The minimum Gasteiger partial charge on any atom is -0.322 e. The van der Waals surface area contributed by atoms with Gasteiger partial charge in [-0.3, -0.25) is 4.79 Å². The number of anilines is 1. The number of para-hydroxylation sites is 1. The molecule has 0 spiro atoms. The van der Waals surface area contributed by atoms with Gasteiger partial charge >= 0.3 is 0 Å². The summed E-state index contributed by atoms with van der Waals surface area (Å²) in [5.74, 6) is -0.0796. The monoisotopic (exact) mass is 185 g/mol. The zero-order valence-corrected chi connectivity index (χ0v) is 7.73. The van der Waals surface area contributed by atoms with E-state index in [0.717, 1.165) is 17.7 Å². The van der Waals surface area contributed by atoms with E-state index in [4.69, 9.17) is 0 Å². The van der Waals surface area contributed by atoms with E-state index in [1.165, 1.54) is 6.08 Å². The molecule has 2 heteroatoms. The fourth-order valence-electron chi connectivity index (χ4n) is 1.41. The van der Waals surface area contributed by atoms with Gasteiger partial charge in [0.1, 0.15) is 0 Å². The quantitative estimate of drug-likeness (QED) is 0.660. The van der Waals surface area contributed by atoms with Crippen LogP contribution in [0.1, 0.15) is 5.56 Å². The van der Waals surface area contributed by atoms with Gasteiger partial charge < -0.3 is 5.32 Å². The molecule has 1 N–H and O–H groups in total. The molecular formula is C12H11NO. The van der Waals surface area contributed by atoms with E-state index in [1.54, 1.807) is 6.08 Å². The minimum absolute atomic E-state index is 0.0796. The molecule has 1 aliphatic rings. The third-order valence-corrected chi connectivity index (χ3v) is 2.11. The van der Waals surface area contributed by atoms with Crippen molar-refractivity contribution in [2.45, 2.75) is 6.42 Å². The van der Waals surface area contributed by atoms with Crippen molar-refractivity contribution in [3.8, 4) is 0 Å². The first-order valence-corrected chi connectivity index (χ1v) is 4.58. The molecule has 0 radical (unpaired) electrons. The molecule has 0 bridgehead atoms. The summed E-state index contributed by atoms with van der Waals surface area (Å²) < 4.78 is 0. The van der Waals surface area contributed by atoms with Crippen molar-refractivity contribution < 1.29 is 4.79 Å². The topological polar surface area (TPSA) is 29.1 Å². The number of carbonyl (C=O) groups excluding carboxylic acids is 1. The Morgan fingerprint density at radius 3 is 2.93 bits per heavy atom. The Morgan fingerprint density at radius 2 is 2.00 bits per heavy atom. The number of amides is 1. The van der Waals surface area contributed by atoms with Crippen molar-refractivity contribution in [2.24, 2.45) is 0 Å². The first-order chi connectivity index (χ1) is 6.86. The van der Waals surface area contributed by atoms with Crippen LogP contribution in [0.2, 0.25) is 0 Å². The standard InChI is InChI=1S/C12H11NO/c14-12-9-3-1-2-6-10-7-4-5-8-11(10)13-12/h1-5,7-9H,6H2,(H,13,14). The molecule has 70 valence electrons. The van der Waals surface area contributed by atoms with E-state index in [1.807, 2.05) is 36.4 Å². The lowest BCUT2D eigenvalue weighted by molar-refractivity contribution is -0.111. The summed E-state index contributed by atoms with van der Waals surface area (Å²) in [6.07, 6.45) is 8.05.